The van der Waals surface area contributed by atoms with Crippen LogP contribution in [0.3, 0.4) is 0 Å². The molecule has 34 heavy (non-hydrogen) atoms. The molecule has 0 bridgehead atoms. The molecule has 8 heteroatoms. The summed E-state index contributed by atoms with van der Waals surface area (Å²) in [6.45, 7) is 5.77. The van der Waals surface area contributed by atoms with E-state index in [1.807, 2.05) is 0 Å². The maximum absolute atomic E-state index is 12.4. The molecule has 2 aromatic carbocycles. The number of benzene rings is 2. The topological polar surface area (TPSA) is 94.4 Å². The quantitative estimate of drug-likeness (QED) is 0.599. The lowest BCUT2D eigenvalue weighted by atomic mass is 9.99. The predicted octanol–water partition coefficient (Wildman–Crippen LogP) is 2.98. The summed E-state index contributed by atoms with van der Waals surface area (Å²) in [5, 5.41) is 15.0. The number of esters is 1. The predicted molar refractivity (Wildman–Crippen MR) is 131 cm³/mol. The van der Waals surface area contributed by atoms with Crippen LogP contribution in [0, 0.1) is 18.3 Å². The van der Waals surface area contributed by atoms with E-state index in [1.54, 1.807) is 0 Å². The third-order valence-electron chi connectivity index (χ3n) is 6.74. The van der Waals surface area contributed by atoms with Crippen molar-refractivity contribution in [2.24, 2.45) is 0 Å². The summed E-state index contributed by atoms with van der Waals surface area (Å²) in [4.78, 5) is 26.3. The summed E-state index contributed by atoms with van der Waals surface area (Å²) >= 11 is 0. The second-order valence-corrected chi connectivity index (χ2v) is 8.87. The molecule has 3 aromatic rings. The fourth-order valence-corrected chi connectivity index (χ4v) is 5.09. The van der Waals surface area contributed by atoms with Crippen molar-refractivity contribution in [3.63, 3.8) is 0 Å². The summed E-state index contributed by atoms with van der Waals surface area (Å²) in [6, 6.07) is 15.1. The number of carbonyl (C=O) groups is 1. The molecule has 1 fully saturated rings. The highest BCUT2D eigenvalue weighted by molar-refractivity contribution is 5.97. The Morgan fingerprint density at radius 2 is 2.03 bits per heavy atom. The molecule has 0 unspecified atom stereocenters. The second-order valence-electron chi connectivity index (χ2n) is 8.87. The molecule has 0 aliphatic carbocycles. The Labute approximate surface area is 199 Å². The number of aryl methyl sites for hydroxylation is 1. The largest absolute Gasteiger partial charge is 0.463 e. The normalized spacial score (nSPS) is 17.9. The highest BCUT2D eigenvalue weighted by Crippen LogP contribution is 2.34. The number of aromatic nitrogens is 2. The van der Waals surface area contributed by atoms with Crippen LogP contribution in [0.25, 0.3) is 10.8 Å². The average molecular weight is 457 g/mol. The van der Waals surface area contributed by atoms with Gasteiger partial charge in [0.2, 0.25) is 5.82 Å². The number of methoxy groups -OCH3 is 1. The molecular weight excluding hydrogens is 428 g/mol. The number of ether oxygens (including phenoxy) is 1. The second kappa shape index (κ2) is 9.27. The molecule has 0 radical (unpaired) electrons. The maximum atomic E-state index is 12.4. The molecule has 1 N–H and O–H groups in total. The molecule has 0 spiro atoms. The Hall–Kier alpha value is -3.70. The van der Waals surface area contributed by atoms with Gasteiger partial charge in [-0.2, -0.15) is 5.26 Å². The van der Waals surface area contributed by atoms with Gasteiger partial charge in [-0.3, -0.25) is 0 Å². The first-order chi connectivity index (χ1) is 16.6. The van der Waals surface area contributed by atoms with Crippen LogP contribution in [0.15, 0.2) is 36.4 Å². The molecule has 8 nitrogen and oxygen atoms in total. The van der Waals surface area contributed by atoms with Crippen molar-refractivity contribution in [1.29, 1.82) is 5.26 Å². The van der Waals surface area contributed by atoms with Gasteiger partial charge in [-0.1, -0.05) is 30.3 Å². The molecular formula is C26H28N6O2. The Kier molecular flexibility index (Phi) is 6.03. The van der Waals surface area contributed by atoms with Gasteiger partial charge >= 0.3 is 5.97 Å². The smallest absolute Gasteiger partial charge is 0.376 e. The minimum atomic E-state index is -0.536. The van der Waals surface area contributed by atoms with E-state index in [1.165, 1.54) is 29.1 Å². The highest BCUT2D eigenvalue weighted by Gasteiger charge is 2.30. The van der Waals surface area contributed by atoms with E-state index in [2.05, 4.69) is 74.5 Å². The first-order valence-electron chi connectivity index (χ1n) is 11.7. The van der Waals surface area contributed by atoms with Crippen molar-refractivity contribution >= 4 is 28.2 Å². The Balaban J connectivity index is 1.54. The van der Waals surface area contributed by atoms with Crippen LogP contribution in [0.1, 0.15) is 33.9 Å². The van der Waals surface area contributed by atoms with Gasteiger partial charge in [0.15, 0.2) is 0 Å². The SMILES string of the molecule is COC(=O)c1nc2c(c(N3CCN[C@@H](CC#N)C3)n1)CCN(c1cccc3cccc(C)c13)C2. The standard InChI is InChI=1S/C26H28N6O2/c1-17-5-3-6-18-7-4-8-22(23(17)18)31-13-10-20-21(16-31)29-24(26(33)34-2)30-25(20)32-14-12-28-19(15-32)9-11-27/h3-8,19,28H,9-10,12-16H2,1-2H3/t19-/m0/s1. The number of hydrogen-bond acceptors (Lipinski definition) is 8. The molecule has 5 rings (SSSR count). The number of rotatable bonds is 4. The average Bonchev–Trinajstić information content (AvgIpc) is 2.87. The minimum absolute atomic E-state index is 0.0738. The van der Waals surface area contributed by atoms with Crippen LogP contribution in [0.2, 0.25) is 0 Å². The van der Waals surface area contributed by atoms with E-state index in [4.69, 9.17) is 10.00 Å². The number of carbonyl (C=O) groups excluding carboxylic acids is 1. The van der Waals surface area contributed by atoms with Gasteiger partial charge in [-0.05, 0) is 30.4 Å². The van der Waals surface area contributed by atoms with Gasteiger partial charge in [0.1, 0.15) is 5.82 Å². The Bertz CT molecular complexity index is 1280. The number of fused-ring (bicyclic) bond motifs is 2. The molecule has 1 aromatic heterocycles. The number of nitriles is 1. The van der Waals surface area contributed by atoms with E-state index in [9.17, 15) is 4.79 Å². The summed E-state index contributed by atoms with van der Waals surface area (Å²) in [6.07, 6.45) is 1.21. The zero-order valence-corrected chi connectivity index (χ0v) is 19.5. The lowest BCUT2D eigenvalue weighted by Crippen LogP contribution is -2.51. The fraction of sp³-hybridized carbons (Fsp3) is 0.385. The lowest BCUT2D eigenvalue weighted by Gasteiger charge is -2.37. The van der Waals surface area contributed by atoms with Crippen molar-refractivity contribution in [2.75, 3.05) is 43.1 Å². The van der Waals surface area contributed by atoms with Crippen LogP contribution in [-0.4, -0.2) is 55.3 Å². The molecule has 0 amide bonds. The van der Waals surface area contributed by atoms with E-state index in [0.717, 1.165) is 43.1 Å². The van der Waals surface area contributed by atoms with Crippen LogP contribution >= 0.6 is 0 Å². The van der Waals surface area contributed by atoms with Crippen molar-refractivity contribution < 1.29 is 9.53 Å². The van der Waals surface area contributed by atoms with Crippen LogP contribution in [0.5, 0.6) is 0 Å². The minimum Gasteiger partial charge on any atom is -0.463 e. The number of hydrogen-bond donors (Lipinski definition) is 1. The first kappa shape index (κ1) is 22.1. The van der Waals surface area contributed by atoms with Crippen molar-refractivity contribution in [3.05, 3.63) is 59.0 Å². The zero-order valence-electron chi connectivity index (χ0n) is 19.5. The van der Waals surface area contributed by atoms with E-state index < -0.39 is 5.97 Å². The summed E-state index contributed by atoms with van der Waals surface area (Å²) in [7, 11) is 1.35. The Morgan fingerprint density at radius 3 is 2.82 bits per heavy atom. The van der Waals surface area contributed by atoms with E-state index >= 15 is 0 Å². The third kappa shape index (κ3) is 4.03. The van der Waals surface area contributed by atoms with Crippen LogP contribution < -0.4 is 15.1 Å². The maximum Gasteiger partial charge on any atom is 0.376 e. The van der Waals surface area contributed by atoms with E-state index in [0.29, 0.717) is 19.5 Å². The molecule has 2 aliphatic heterocycles. The summed E-state index contributed by atoms with van der Waals surface area (Å²) < 4.78 is 4.96. The highest BCUT2D eigenvalue weighted by atomic mass is 16.5. The molecule has 3 heterocycles. The van der Waals surface area contributed by atoms with Crippen molar-refractivity contribution in [1.82, 2.24) is 15.3 Å². The monoisotopic (exact) mass is 456 g/mol. The van der Waals surface area contributed by atoms with Gasteiger partial charge in [0.25, 0.3) is 0 Å². The van der Waals surface area contributed by atoms with E-state index in [-0.39, 0.29) is 11.9 Å². The number of anilines is 2. The van der Waals surface area contributed by atoms with Crippen molar-refractivity contribution in [3.8, 4) is 6.07 Å². The Morgan fingerprint density at radius 1 is 1.21 bits per heavy atom. The van der Waals surface area contributed by atoms with Gasteiger partial charge in [-0.15, -0.1) is 0 Å². The summed E-state index contributed by atoms with van der Waals surface area (Å²) in [5.41, 5.74) is 4.36. The van der Waals surface area contributed by atoms with Gasteiger partial charge in [-0.25, -0.2) is 14.8 Å². The number of nitrogens with one attached hydrogen (secondary N) is 1. The molecule has 174 valence electrons. The van der Waals surface area contributed by atoms with Gasteiger partial charge < -0.3 is 19.9 Å². The molecule has 1 saturated heterocycles. The molecule has 0 saturated carbocycles. The lowest BCUT2D eigenvalue weighted by molar-refractivity contribution is 0.0586. The number of piperazine rings is 1. The third-order valence-corrected chi connectivity index (χ3v) is 6.74. The van der Waals surface area contributed by atoms with Gasteiger partial charge in [0, 0.05) is 48.9 Å². The van der Waals surface area contributed by atoms with Crippen LogP contribution in [-0.2, 0) is 17.7 Å². The molecule has 1 atom stereocenters. The van der Waals surface area contributed by atoms with Gasteiger partial charge in [0.05, 0.1) is 31.8 Å². The fourth-order valence-electron chi connectivity index (χ4n) is 5.09. The zero-order chi connectivity index (χ0) is 23.7. The summed E-state index contributed by atoms with van der Waals surface area (Å²) in [5.74, 6) is 0.344. The van der Waals surface area contributed by atoms with Crippen molar-refractivity contribution in [2.45, 2.75) is 32.4 Å². The molecule has 2 aliphatic rings. The first-order valence-corrected chi connectivity index (χ1v) is 11.7. The van der Waals surface area contributed by atoms with Crippen LogP contribution in [0.4, 0.5) is 11.5 Å². The number of nitrogens with zero attached hydrogens (tertiary/aromatic N) is 5.